The first-order valence-electron chi connectivity index (χ1n) is 6.84. The fourth-order valence-electron chi connectivity index (χ4n) is 3.40. The van der Waals surface area contributed by atoms with Crippen LogP contribution in [0.15, 0.2) is 24.3 Å². The van der Waals surface area contributed by atoms with Crippen molar-refractivity contribution in [3.8, 4) is 5.75 Å². The van der Waals surface area contributed by atoms with Crippen LogP contribution < -0.4 is 4.74 Å². The molecular formula is C15H21NO2. The SMILES string of the molecule is COc1ccc([C@H]2CN3CCC[C@@H]3C[C@@H]2O)cc1. The molecule has 3 nitrogen and oxygen atoms in total. The van der Waals surface area contributed by atoms with Gasteiger partial charge in [-0.25, -0.2) is 0 Å². The molecule has 0 saturated carbocycles. The molecule has 2 saturated heterocycles. The summed E-state index contributed by atoms with van der Waals surface area (Å²) in [6.07, 6.45) is 3.27. The van der Waals surface area contributed by atoms with Gasteiger partial charge in [-0.1, -0.05) is 12.1 Å². The van der Waals surface area contributed by atoms with E-state index in [4.69, 9.17) is 4.74 Å². The van der Waals surface area contributed by atoms with E-state index in [1.807, 2.05) is 12.1 Å². The maximum atomic E-state index is 10.3. The van der Waals surface area contributed by atoms with Crippen LogP contribution in [-0.4, -0.2) is 42.4 Å². The highest BCUT2D eigenvalue weighted by molar-refractivity contribution is 5.30. The summed E-state index contributed by atoms with van der Waals surface area (Å²) in [5.41, 5.74) is 1.23. The summed E-state index contributed by atoms with van der Waals surface area (Å²) in [4.78, 5) is 2.54. The molecule has 0 bridgehead atoms. The van der Waals surface area contributed by atoms with Crippen molar-refractivity contribution in [2.45, 2.75) is 37.3 Å². The predicted octanol–water partition coefficient (Wildman–Crippen LogP) is 2.01. The molecule has 0 aromatic heterocycles. The van der Waals surface area contributed by atoms with Crippen LogP contribution in [0.25, 0.3) is 0 Å². The molecule has 0 aliphatic carbocycles. The lowest BCUT2D eigenvalue weighted by Crippen LogP contribution is -2.45. The number of ether oxygens (including phenoxy) is 1. The molecule has 2 fully saturated rings. The van der Waals surface area contributed by atoms with Crippen molar-refractivity contribution in [1.29, 1.82) is 0 Å². The molecule has 98 valence electrons. The number of piperidine rings is 1. The Morgan fingerprint density at radius 2 is 2.06 bits per heavy atom. The molecule has 0 radical (unpaired) electrons. The van der Waals surface area contributed by atoms with Gasteiger partial charge in [0.2, 0.25) is 0 Å². The highest BCUT2D eigenvalue weighted by atomic mass is 16.5. The molecule has 2 aliphatic rings. The molecule has 0 unspecified atom stereocenters. The average Bonchev–Trinajstić information content (AvgIpc) is 2.85. The molecule has 18 heavy (non-hydrogen) atoms. The number of aliphatic hydroxyl groups is 1. The number of nitrogens with zero attached hydrogens (tertiary/aromatic N) is 1. The molecule has 3 heteroatoms. The lowest BCUT2D eigenvalue weighted by molar-refractivity contribution is 0.0408. The molecule has 1 N–H and O–H groups in total. The third-order valence-electron chi connectivity index (χ3n) is 4.45. The van der Waals surface area contributed by atoms with E-state index in [1.165, 1.54) is 24.9 Å². The smallest absolute Gasteiger partial charge is 0.118 e. The van der Waals surface area contributed by atoms with Gasteiger partial charge in [0.15, 0.2) is 0 Å². The van der Waals surface area contributed by atoms with E-state index in [9.17, 15) is 5.11 Å². The second kappa shape index (κ2) is 4.90. The molecule has 3 atom stereocenters. The molecular weight excluding hydrogens is 226 g/mol. The van der Waals surface area contributed by atoms with Crippen molar-refractivity contribution in [2.75, 3.05) is 20.2 Å². The fourth-order valence-corrected chi connectivity index (χ4v) is 3.40. The Morgan fingerprint density at radius 1 is 1.28 bits per heavy atom. The number of hydrogen-bond donors (Lipinski definition) is 1. The third kappa shape index (κ3) is 2.13. The molecule has 1 aromatic rings. The van der Waals surface area contributed by atoms with E-state index in [0.29, 0.717) is 6.04 Å². The Hall–Kier alpha value is -1.06. The minimum atomic E-state index is -0.197. The number of rotatable bonds is 2. The van der Waals surface area contributed by atoms with Crippen molar-refractivity contribution >= 4 is 0 Å². The lowest BCUT2D eigenvalue weighted by Gasteiger charge is -2.38. The molecule has 2 heterocycles. The normalized spacial score (nSPS) is 32.2. The standard InChI is InChI=1S/C15H21NO2/c1-18-13-6-4-11(5-7-13)14-10-16-8-2-3-12(16)9-15(14)17/h4-7,12,14-15,17H,2-3,8-10H2,1H3/t12-,14-,15+/m1/s1. The molecule has 3 rings (SSSR count). The number of fused-ring (bicyclic) bond motifs is 1. The number of aliphatic hydroxyl groups excluding tert-OH is 1. The van der Waals surface area contributed by atoms with Crippen LogP contribution in [0.3, 0.4) is 0 Å². The second-order valence-electron chi connectivity index (χ2n) is 5.47. The minimum absolute atomic E-state index is 0.197. The summed E-state index contributed by atoms with van der Waals surface area (Å²) >= 11 is 0. The van der Waals surface area contributed by atoms with Crippen LogP contribution in [-0.2, 0) is 0 Å². The monoisotopic (exact) mass is 247 g/mol. The summed E-state index contributed by atoms with van der Waals surface area (Å²) in [7, 11) is 1.68. The molecule has 0 spiro atoms. The molecule has 0 amide bonds. The van der Waals surface area contributed by atoms with Crippen molar-refractivity contribution in [3.63, 3.8) is 0 Å². The van der Waals surface area contributed by atoms with Gasteiger partial charge in [0.25, 0.3) is 0 Å². The zero-order valence-electron chi connectivity index (χ0n) is 10.9. The maximum absolute atomic E-state index is 10.3. The quantitative estimate of drug-likeness (QED) is 0.867. The van der Waals surface area contributed by atoms with Gasteiger partial charge in [-0.2, -0.15) is 0 Å². The highest BCUT2D eigenvalue weighted by Crippen LogP contribution is 2.35. The first-order valence-corrected chi connectivity index (χ1v) is 6.84. The Morgan fingerprint density at radius 3 is 2.78 bits per heavy atom. The number of benzene rings is 1. The van der Waals surface area contributed by atoms with E-state index >= 15 is 0 Å². The summed E-state index contributed by atoms with van der Waals surface area (Å²) < 4.78 is 5.18. The van der Waals surface area contributed by atoms with Crippen LogP contribution in [0.4, 0.5) is 0 Å². The van der Waals surface area contributed by atoms with Crippen LogP contribution in [0.1, 0.15) is 30.7 Å². The summed E-state index contributed by atoms with van der Waals surface area (Å²) in [6, 6.07) is 8.76. The van der Waals surface area contributed by atoms with E-state index in [2.05, 4.69) is 17.0 Å². The van der Waals surface area contributed by atoms with Gasteiger partial charge < -0.3 is 9.84 Å². The average molecular weight is 247 g/mol. The van der Waals surface area contributed by atoms with Gasteiger partial charge in [0.1, 0.15) is 5.75 Å². The van der Waals surface area contributed by atoms with Gasteiger partial charge in [-0.15, -0.1) is 0 Å². The molecule has 1 aromatic carbocycles. The van der Waals surface area contributed by atoms with Crippen molar-refractivity contribution in [1.82, 2.24) is 4.90 Å². The molecule has 2 aliphatic heterocycles. The zero-order chi connectivity index (χ0) is 12.5. The summed E-state index contributed by atoms with van der Waals surface area (Å²) in [5, 5.41) is 10.3. The first kappa shape index (κ1) is 12.0. The highest BCUT2D eigenvalue weighted by Gasteiger charge is 2.37. The Balaban J connectivity index is 1.77. The van der Waals surface area contributed by atoms with Gasteiger partial charge in [-0.05, 0) is 43.5 Å². The summed E-state index contributed by atoms with van der Waals surface area (Å²) in [6.45, 7) is 2.20. The Kier molecular flexibility index (Phi) is 3.27. The lowest BCUT2D eigenvalue weighted by atomic mass is 9.85. The van der Waals surface area contributed by atoms with Gasteiger partial charge in [-0.3, -0.25) is 4.90 Å². The van der Waals surface area contributed by atoms with Gasteiger partial charge in [0, 0.05) is 18.5 Å². The maximum Gasteiger partial charge on any atom is 0.118 e. The van der Waals surface area contributed by atoms with Gasteiger partial charge in [0.05, 0.1) is 13.2 Å². The second-order valence-corrected chi connectivity index (χ2v) is 5.47. The largest absolute Gasteiger partial charge is 0.497 e. The first-order chi connectivity index (χ1) is 8.78. The third-order valence-corrected chi connectivity index (χ3v) is 4.45. The van der Waals surface area contributed by atoms with Crippen molar-refractivity contribution < 1.29 is 9.84 Å². The van der Waals surface area contributed by atoms with Crippen molar-refractivity contribution in [3.05, 3.63) is 29.8 Å². The van der Waals surface area contributed by atoms with E-state index in [-0.39, 0.29) is 12.0 Å². The van der Waals surface area contributed by atoms with Crippen LogP contribution in [0, 0.1) is 0 Å². The Labute approximate surface area is 108 Å². The minimum Gasteiger partial charge on any atom is -0.497 e. The van der Waals surface area contributed by atoms with Gasteiger partial charge >= 0.3 is 0 Å². The van der Waals surface area contributed by atoms with E-state index in [1.54, 1.807) is 7.11 Å². The van der Waals surface area contributed by atoms with Crippen LogP contribution >= 0.6 is 0 Å². The number of methoxy groups -OCH3 is 1. The number of hydrogen-bond acceptors (Lipinski definition) is 3. The topological polar surface area (TPSA) is 32.7 Å². The summed E-state index contributed by atoms with van der Waals surface area (Å²) in [5.74, 6) is 1.13. The van der Waals surface area contributed by atoms with Crippen LogP contribution in [0.2, 0.25) is 0 Å². The Bertz CT molecular complexity index is 403. The fraction of sp³-hybridized carbons (Fsp3) is 0.600. The van der Waals surface area contributed by atoms with E-state index in [0.717, 1.165) is 18.7 Å². The van der Waals surface area contributed by atoms with Crippen LogP contribution in [0.5, 0.6) is 5.75 Å². The predicted molar refractivity (Wildman–Crippen MR) is 71.0 cm³/mol. The zero-order valence-corrected chi connectivity index (χ0v) is 10.9. The van der Waals surface area contributed by atoms with Crippen molar-refractivity contribution in [2.24, 2.45) is 0 Å². The van der Waals surface area contributed by atoms with E-state index < -0.39 is 0 Å².